The second-order valence-electron chi connectivity index (χ2n) is 5.05. The van der Waals surface area contributed by atoms with Crippen molar-refractivity contribution in [1.29, 1.82) is 0 Å². The zero-order valence-electron chi connectivity index (χ0n) is 12.4. The number of amides is 1. The highest BCUT2D eigenvalue weighted by Gasteiger charge is 2.21. The molecule has 0 saturated carbocycles. The smallest absolute Gasteiger partial charge is 0.277 e. The minimum absolute atomic E-state index is 0.0127. The van der Waals surface area contributed by atoms with Crippen molar-refractivity contribution in [1.82, 2.24) is 10.6 Å². The average molecular weight is 354 g/mol. The van der Waals surface area contributed by atoms with E-state index in [1.165, 1.54) is 0 Å². The van der Waals surface area contributed by atoms with E-state index in [0.717, 1.165) is 31.0 Å². The van der Waals surface area contributed by atoms with Crippen LogP contribution in [0.2, 0.25) is 0 Å². The third kappa shape index (κ3) is 4.67. The normalized spacial score (nSPS) is 16.4. The number of carbonyl (C=O) groups excluding carboxylic acids is 1. The van der Waals surface area contributed by atoms with Crippen LogP contribution in [0.4, 0.5) is 11.4 Å². The van der Waals surface area contributed by atoms with Gasteiger partial charge in [-0.25, -0.2) is 0 Å². The van der Waals surface area contributed by atoms with Crippen molar-refractivity contribution >= 4 is 34.6 Å². The Labute approximate surface area is 141 Å². The summed E-state index contributed by atoms with van der Waals surface area (Å²) < 4.78 is 5.39. The van der Waals surface area contributed by atoms with Crippen LogP contribution in [-0.2, 0) is 4.74 Å². The second kappa shape index (κ2) is 7.75. The van der Waals surface area contributed by atoms with Crippen LogP contribution in [0.1, 0.15) is 23.2 Å². The van der Waals surface area contributed by atoms with Crippen LogP contribution in [0.3, 0.4) is 0 Å². The van der Waals surface area contributed by atoms with Crippen LogP contribution in [0.15, 0.2) is 18.2 Å². The number of benzene rings is 1. The maximum absolute atomic E-state index is 12.1. The van der Waals surface area contributed by atoms with E-state index in [1.54, 1.807) is 0 Å². The molecule has 1 heterocycles. The molecule has 1 atom stereocenters. The van der Waals surface area contributed by atoms with Crippen molar-refractivity contribution in [2.75, 3.05) is 13.2 Å². The van der Waals surface area contributed by atoms with Gasteiger partial charge in [0.2, 0.25) is 0 Å². The van der Waals surface area contributed by atoms with E-state index >= 15 is 0 Å². The first-order valence-corrected chi connectivity index (χ1v) is 7.42. The molecule has 1 amide bonds. The number of carbonyl (C=O) groups is 1. The number of hydrogen-bond acceptors (Lipinski definition) is 7. The third-order valence-corrected chi connectivity index (χ3v) is 3.57. The van der Waals surface area contributed by atoms with Gasteiger partial charge in [0.1, 0.15) is 0 Å². The Morgan fingerprint density at radius 2 is 1.88 bits per heavy atom. The Kier molecular flexibility index (Phi) is 5.71. The Morgan fingerprint density at radius 1 is 1.25 bits per heavy atom. The van der Waals surface area contributed by atoms with Crippen molar-refractivity contribution in [2.24, 2.45) is 0 Å². The Balaban J connectivity index is 2.03. The lowest BCUT2D eigenvalue weighted by molar-refractivity contribution is -0.394. The Hall–Kier alpha value is -2.66. The van der Waals surface area contributed by atoms with Gasteiger partial charge in [0.15, 0.2) is 5.11 Å². The number of nitro groups is 2. The summed E-state index contributed by atoms with van der Waals surface area (Å²) in [7, 11) is 0. The average Bonchev–Trinajstić information content (AvgIpc) is 3.05. The highest BCUT2D eigenvalue weighted by Crippen LogP contribution is 2.22. The maximum Gasteiger partial charge on any atom is 0.277 e. The second-order valence-corrected chi connectivity index (χ2v) is 5.46. The van der Waals surface area contributed by atoms with Gasteiger partial charge in [-0.3, -0.25) is 30.3 Å². The highest BCUT2D eigenvalue weighted by molar-refractivity contribution is 7.80. The number of non-ortho nitro benzene ring substituents is 2. The first-order valence-electron chi connectivity index (χ1n) is 7.01. The molecule has 2 rings (SSSR count). The van der Waals surface area contributed by atoms with Gasteiger partial charge in [0.05, 0.1) is 27.6 Å². The van der Waals surface area contributed by atoms with E-state index in [1.807, 2.05) is 0 Å². The summed E-state index contributed by atoms with van der Waals surface area (Å²) in [5.41, 5.74) is -1.32. The number of thiocarbonyl (C=S) groups is 1. The topological polar surface area (TPSA) is 137 Å². The molecule has 128 valence electrons. The van der Waals surface area contributed by atoms with E-state index in [4.69, 9.17) is 17.0 Å². The van der Waals surface area contributed by atoms with E-state index in [2.05, 4.69) is 10.6 Å². The summed E-state index contributed by atoms with van der Waals surface area (Å²) in [6.45, 7) is 1.11. The molecule has 1 aromatic rings. The van der Waals surface area contributed by atoms with Crippen molar-refractivity contribution in [3.05, 3.63) is 44.0 Å². The molecule has 0 aliphatic carbocycles. The lowest BCUT2D eigenvalue weighted by Gasteiger charge is -2.13. The standard InChI is InChI=1S/C13H14N4O6S/c18-12(15-13(24)14-7-11-2-1-3-23-11)8-4-9(16(19)20)6-10(5-8)17(21)22/h4-6,11H,1-3,7H2,(H2,14,15,18,24). The SMILES string of the molecule is O=C(NC(=S)NCC1CCCO1)c1cc([N+](=O)[O-])cc([N+](=O)[O-])c1. The lowest BCUT2D eigenvalue weighted by Crippen LogP contribution is -2.42. The van der Waals surface area contributed by atoms with Gasteiger partial charge in [0.25, 0.3) is 17.3 Å². The number of nitro benzene ring substituents is 2. The molecule has 10 nitrogen and oxygen atoms in total. The van der Waals surface area contributed by atoms with Gasteiger partial charge in [-0.2, -0.15) is 0 Å². The van der Waals surface area contributed by atoms with E-state index in [-0.39, 0.29) is 16.8 Å². The van der Waals surface area contributed by atoms with E-state index in [9.17, 15) is 25.0 Å². The Bertz CT molecular complexity index is 657. The Morgan fingerprint density at radius 3 is 2.38 bits per heavy atom. The molecule has 0 bridgehead atoms. The van der Waals surface area contributed by atoms with Gasteiger partial charge in [-0.1, -0.05) is 0 Å². The first kappa shape index (κ1) is 17.7. The molecule has 2 N–H and O–H groups in total. The first-order chi connectivity index (χ1) is 11.4. The van der Waals surface area contributed by atoms with Crippen LogP contribution in [-0.4, -0.2) is 40.1 Å². The lowest BCUT2D eigenvalue weighted by atomic mass is 10.1. The fourth-order valence-electron chi connectivity index (χ4n) is 2.17. The quantitative estimate of drug-likeness (QED) is 0.458. The van der Waals surface area contributed by atoms with E-state index in [0.29, 0.717) is 13.2 Å². The summed E-state index contributed by atoms with van der Waals surface area (Å²) in [5, 5.41) is 26.8. The molecule has 24 heavy (non-hydrogen) atoms. The molecular formula is C13H14N4O6S. The molecule has 11 heteroatoms. The summed E-state index contributed by atoms with van der Waals surface area (Å²) in [5.74, 6) is -0.772. The maximum atomic E-state index is 12.1. The van der Waals surface area contributed by atoms with Crippen molar-refractivity contribution < 1.29 is 19.4 Å². The predicted molar refractivity (Wildman–Crippen MR) is 86.8 cm³/mol. The van der Waals surface area contributed by atoms with Crippen LogP contribution in [0.25, 0.3) is 0 Å². The van der Waals surface area contributed by atoms with Crippen LogP contribution in [0, 0.1) is 20.2 Å². The summed E-state index contributed by atoms with van der Waals surface area (Å²) in [6.07, 6.45) is 1.86. The molecule has 0 radical (unpaired) electrons. The van der Waals surface area contributed by atoms with Crippen molar-refractivity contribution in [3.8, 4) is 0 Å². The minimum atomic E-state index is -0.808. The zero-order chi connectivity index (χ0) is 17.7. The van der Waals surface area contributed by atoms with Gasteiger partial charge in [-0.15, -0.1) is 0 Å². The van der Waals surface area contributed by atoms with Crippen molar-refractivity contribution in [2.45, 2.75) is 18.9 Å². The largest absolute Gasteiger partial charge is 0.376 e. The van der Waals surface area contributed by atoms with Crippen LogP contribution >= 0.6 is 12.2 Å². The number of hydrogen-bond donors (Lipinski definition) is 2. The molecule has 1 unspecified atom stereocenters. The highest BCUT2D eigenvalue weighted by atomic mass is 32.1. The summed E-state index contributed by atoms with van der Waals surface area (Å²) in [4.78, 5) is 32.1. The van der Waals surface area contributed by atoms with Gasteiger partial charge in [-0.05, 0) is 25.1 Å². The van der Waals surface area contributed by atoms with E-state index < -0.39 is 27.1 Å². The molecule has 1 fully saturated rings. The summed E-state index contributed by atoms with van der Waals surface area (Å²) in [6, 6.07) is 2.68. The van der Waals surface area contributed by atoms with Crippen LogP contribution in [0.5, 0.6) is 0 Å². The van der Waals surface area contributed by atoms with Gasteiger partial charge < -0.3 is 10.1 Å². The molecule has 1 aromatic carbocycles. The molecule has 1 saturated heterocycles. The van der Waals surface area contributed by atoms with Gasteiger partial charge >= 0.3 is 0 Å². The van der Waals surface area contributed by atoms with Gasteiger partial charge in [0, 0.05) is 25.3 Å². The predicted octanol–water partition coefficient (Wildman–Crippen LogP) is 1.29. The number of nitrogens with one attached hydrogen (secondary N) is 2. The number of rotatable bonds is 5. The fraction of sp³-hybridized carbons (Fsp3) is 0.385. The molecule has 1 aliphatic heterocycles. The number of nitrogens with zero attached hydrogens (tertiary/aromatic N) is 2. The fourth-order valence-corrected chi connectivity index (χ4v) is 2.34. The number of ether oxygens (including phenoxy) is 1. The summed E-state index contributed by atoms with van der Waals surface area (Å²) >= 11 is 4.97. The molecular weight excluding hydrogens is 340 g/mol. The molecule has 0 spiro atoms. The monoisotopic (exact) mass is 354 g/mol. The van der Waals surface area contributed by atoms with Crippen LogP contribution < -0.4 is 10.6 Å². The third-order valence-electron chi connectivity index (χ3n) is 3.33. The zero-order valence-corrected chi connectivity index (χ0v) is 13.2. The molecule has 1 aliphatic rings. The minimum Gasteiger partial charge on any atom is -0.376 e. The molecule has 0 aromatic heterocycles. The van der Waals surface area contributed by atoms with Crippen molar-refractivity contribution in [3.63, 3.8) is 0 Å².